The summed E-state index contributed by atoms with van der Waals surface area (Å²) in [4.78, 5) is 2.34. The molecule has 0 spiro atoms. The molecule has 0 aliphatic rings. The van der Waals surface area contributed by atoms with Gasteiger partial charge in [-0.05, 0) is 98.6 Å². The summed E-state index contributed by atoms with van der Waals surface area (Å²) in [6.45, 7) is 0. The average molecular weight is 829 g/mol. The number of benzene rings is 11. The van der Waals surface area contributed by atoms with Crippen LogP contribution in [0.4, 0.5) is 17.1 Å². The summed E-state index contributed by atoms with van der Waals surface area (Å²) in [7, 11) is 0. The second kappa shape index (κ2) is 15.0. The predicted molar refractivity (Wildman–Crippen MR) is 274 cm³/mol. The highest BCUT2D eigenvalue weighted by Crippen LogP contribution is 2.43. The second-order valence-electron chi connectivity index (χ2n) is 16.9. The Balaban J connectivity index is 0.941. The summed E-state index contributed by atoms with van der Waals surface area (Å²) >= 11 is 0. The van der Waals surface area contributed by atoms with E-state index in [2.05, 4.69) is 252 Å². The van der Waals surface area contributed by atoms with Crippen molar-refractivity contribution in [1.82, 2.24) is 4.57 Å². The number of hydrogen-bond acceptors (Lipinski definition) is 2. The van der Waals surface area contributed by atoms with Gasteiger partial charge < -0.3 is 13.9 Å². The topological polar surface area (TPSA) is 21.3 Å². The summed E-state index contributed by atoms with van der Waals surface area (Å²) in [5.74, 6) is 0. The third-order valence-corrected chi connectivity index (χ3v) is 13.2. The van der Waals surface area contributed by atoms with Gasteiger partial charge in [0.05, 0.1) is 11.0 Å². The average Bonchev–Trinajstić information content (AvgIpc) is 3.93. The first-order valence-electron chi connectivity index (χ1n) is 22.2. The molecule has 0 unspecified atom stereocenters. The minimum Gasteiger partial charge on any atom is -0.455 e. The van der Waals surface area contributed by atoms with Crippen LogP contribution in [0, 0.1) is 0 Å². The van der Waals surface area contributed by atoms with E-state index in [0.29, 0.717) is 0 Å². The molecular weight excluding hydrogens is 789 g/mol. The molecule has 65 heavy (non-hydrogen) atoms. The highest BCUT2D eigenvalue weighted by molar-refractivity contribution is 6.19. The molecule has 0 radical (unpaired) electrons. The van der Waals surface area contributed by atoms with E-state index in [1.54, 1.807) is 0 Å². The van der Waals surface area contributed by atoms with Crippen LogP contribution in [0.3, 0.4) is 0 Å². The van der Waals surface area contributed by atoms with Gasteiger partial charge in [-0.2, -0.15) is 0 Å². The van der Waals surface area contributed by atoms with Gasteiger partial charge in [0.2, 0.25) is 0 Å². The highest BCUT2D eigenvalue weighted by atomic mass is 16.3. The lowest BCUT2D eigenvalue weighted by molar-refractivity contribution is 0.670. The van der Waals surface area contributed by atoms with Crippen LogP contribution in [-0.2, 0) is 0 Å². The SMILES string of the molecule is c1ccc(-c2cccc3c2oc2cc(N(c4ccc(-c5ccc6c7ccc8ccccc8c7n(-c7ccccc7)c6c5)cc4)c4ccc(-c5cccc6ccccc56)cc4)ccc23)cc1. The molecule has 0 N–H and O–H groups in total. The maximum atomic E-state index is 6.79. The first-order valence-corrected chi connectivity index (χ1v) is 22.2. The molecule has 2 heterocycles. The van der Waals surface area contributed by atoms with Crippen molar-refractivity contribution in [3.63, 3.8) is 0 Å². The van der Waals surface area contributed by atoms with Gasteiger partial charge >= 0.3 is 0 Å². The number of hydrogen-bond donors (Lipinski definition) is 0. The van der Waals surface area contributed by atoms with Gasteiger partial charge in [0.15, 0.2) is 0 Å². The molecule has 0 amide bonds. The van der Waals surface area contributed by atoms with Crippen molar-refractivity contribution in [2.24, 2.45) is 0 Å². The summed E-state index contributed by atoms with van der Waals surface area (Å²) in [6.07, 6.45) is 0. The van der Waals surface area contributed by atoms with Crippen LogP contribution < -0.4 is 4.90 Å². The number of rotatable bonds is 7. The Bertz CT molecular complexity index is 3910. The molecule has 0 aliphatic carbocycles. The van der Waals surface area contributed by atoms with E-state index < -0.39 is 0 Å². The first kappa shape index (κ1) is 36.9. The minimum absolute atomic E-state index is 0.852. The Kier molecular flexibility index (Phi) is 8.53. The number of fused-ring (bicyclic) bond motifs is 9. The van der Waals surface area contributed by atoms with Crippen LogP contribution in [0.1, 0.15) is 0 Å². The normalized spacial score (nSPS) is 11.7. The first-order chi connectivity index (χ1) is 32.2. The van der Waals surface area contributed by atoms with Gasteiger partial charge in [0.25, 0.3) is 0 Å². The molecule has 0 saturated heterocycles. The van der Waals surface area contributed by atoms with Gasteiger partial charge in [0, 0.05) is 61.3 Å². The molecule has 13 rings (SSSR count). The third kappa shape index (κ3) is 6.12. The Labute approximate surface area is 376 Å². The van der Waals surface area contributed by atoms with Crippen molar-refractivity contribution < 1.29 is 4.42 Å². The number of para-hydroxylation sites is 2. The largest absolute Gasteiger partial charge is 0.455 e. The van der Waals surface area contributed by atoms with Crippen molar-refractivity contribution in [1.29, 1.82) is 0 Å². The Hall–Kier alpha value is -8.66. The lowest BCUT2D eigenvalue weighted by Crippen LogP contribution is -2.09. The zero-order chi connectivity index (χ0) is 42.8. The molecule has 11 aromatic carbocycles. The number of nitrogens with zero attached hydrogens (tertiary/aromatic N) is 2. The van der Waals surface area contributed by atoms with Crippen molar-refractivity contribution in [3.05, 3.63) is 243 Å². The van der Waals surface area contributed by atoms with Gasteiger partial charge in [0.1, 0.15) is 11.2 Å². The molecular formula is C62H40N2O. The molecule has 3 heteroatoms. The van der Waals surface area contributed by atoms with E-state index in [-0.39, 0.29) is 0 Å². The number of furan rings is 1. The zero-order valence-corrected chi connectivity index (χ0v) is 35.4. The van der Waals surface area contributed by atoms with E-state index in [9.17, 15) is 0 Å². The Morgan fingerprint density at radius 2 is 0.877 bits per heavy atom. The maximum Gasteiger partial charge on any atom is 0.143 e. The molecule has 0 bridgehead atoms. The number of anilines is 3. The molecule has 304 valence electrons. The number of aromatic nitrogens is 1. The third-order valence-electron chi connectivity index (χ3n) is 13.2. The fraction of sp³-hybridized carbons (Fsp3) is 0. The van der Waals surface area contributed by atoms with Crippen LogP contribution in [0.5, 0.6) is 0 Å². The van der Waals surface area contributed by atoms with E-state index in [1.165, 1.54) is 54.5 Å². The van der Waals surface area contributed by atoms with E-state index >= 15 is 0 Å². The van der Waals surface area contributed by atoms with Crippen LogP contribution in [0.2, 0.25) is 0 Å². The Morgan fingerprint density at radius 3 is 1.66 bits per heavy atom. The highest BCUT2D eigenvalue weighted by Gasteiger charge is 2.20. The van der Waals surface area contributed by atoms with Gasteiger partial charge in [-0.15, -0.1) is 0 Å². The molecule has 0 saturated carbocycles. The lowest BCUT2D eigenvalue weighted by Gasteiger charge is -2.26. The molecule has 0 fully saturated rings. The van der Waals surface area contributed by atoms with Crippen LogP contribution in [0.15, 0.2) is 247 Å². The quantitative estimate of drug-likeness (QED) is 0.160. The maximum absolute atomic E-state index is 6.79. The Morgan fingerprint density at radius 1 is 0.323 bits per heavy atom. The summed E-state index contributed by atoms with van der Waals surface area (Å²) in [6, 6.07) is 87.5. The van der Waals surface area contributed by atoms with E-state index in [0.717, 1.165) is 66.9 Å². The minimum atomic E-state index is 0.852. The molecule has 2 aromatic heterocycles. The van der Waals surface area contributed by atoms with Crippen LogP contribution in [-0.4, -0.2) is 4.57 Å². The summed E-state index contributed by atoms with van der Waals surface area (Å²) < 4.78 is 9.22. The zero-order valence-electron chi connectivity index (χ0n) is 35.4. The predicted octanol–water partition coefficient (Wildman–Crippen LogP) is 17.5. The van der Waals surface area contributed by atoms with Gasteiger partial charge in [-0.25, -0.2) is 0 Å². The second-order valence-corrected chi connectivity index (χ2v) is 16.9. The summed E-state index contributed by atoms with van der Waals surface area (Å²) in [5, 5.41) is 9.67. The molecule has 0 aliphatic heterocycles. The van der Waals surface area contributed by atoms with Crippen LogP contribution >= 0.6 is 0 Å². The fourth-order valence-electron chi connectivity index (χ4n) is 10.1. The van der Waals surface area contributed by atoms with Crippen molar-refractivity contribution in [3.8, 4) is 39.1 Å². The van der Waals surface area contributed by atoms with Crippen molar-refractivity contribution in [2.45, 2.75) is 0 Å². The monoisotopic (exact) mass is 828 g/mol. The van der Waals surface area contributed by atoms with Crippen molar-refractivity contribution in [2.75, 3.05) is 4.90 Å². The van der Waals surface area contributed by atoms with Crippen LogP contribution in [0.25, 0.3) is 104 Å². The van der Waals surface area contributed by atoms with E-state index in [1.807, 2.05) is 0 Å². The summed E-state index contributed by atoms with van der Waals surface area (Å²) in [5.41, 5.74) is 15.4. The fourth-order valence-corrected chi connectivity index (χ4v) is 10.1. The molecule has 0 atom stereocenters. The van der Waals surface area contributed by atoms with E-state index in [4.69, 9.17) is 4.42 Å². The smallest absolute Gasteiger partial charge is 0.143 e. The molecule has 3 nitrogen and oxygen atoms in total. The van der Waals surface area contributed by atoms with Crippen molar-refractivity contribution >= 4 is 82.4 Å². The van der Waals surface area contributed by atoms with Gasteiger partial charge in [-0.1, -0.05) is 182 Å². The molecule has 13 aromatic rings. The standard InChI is InChI=1S/C62H40N2O/c1-3-13-43(14-4-1)54-23-12-24-58-56-38-35-50(40-60(56)65-62(54)58)63(49-33-27-45(28-34-49)52-22-11-17-42-15-7-9-20-51(42)52)48-31-25-41(26-32-48)46-30-36-55-57-37-29-44-16-8-10-21-53(44)61(57)64(59(55)39-46)47-18-5-2-6-19-47/h1-40H. The van der Waals surface area contributed by atoms with Gasteiger partial charge in [-0.3, -0.25) is 0 Å². The lowest BCUT2D eigenvalue weighted by atomic mass is 9.98.